The first-order valence-corrected chi connectivity index (χ1v) is 7.96. The zero-order valence-electron chi connectivity index (χ0n) is 14.5. The summed E-state index contributed by atoms with van der Waals surface area (Å²) in [6.07, 6.45) is 0.397. The Morgan fingerprint density at radius 1 is 1.00 bits per heavy atom. The van der Waals surface area contributed by atoms with Crippen LogP contribution >= 0.6 is 0 Å². The lowest BCUT2D eigenvalue weighted by molar-refractivity contribution is -0.118. The van der Waals surface area contributed by atoms with Crippen molar-refractivity contribution in [2.24, 2.45) is 0 Å². The van der Waals surface area contributed by atoms with Gasteiger partial charge in [0.2, 0.25) is 5.91 Å². The summed E-state index contributed by atoms with van der Waals surface area (Å²) in [6, 6.07) is 13.5. The van der Waals surface area contributed by atoms with Crippen molar-refractivity contribution < 1.29 is 19.1 Å². The van der Waals surface area contributed by atoms with Crippen LogP contribution in [0.15, 0.2) is 42.5 Å². The zero-order chi connectivity index (χ0) is 18.9. The highest BCUT2D eigenvalue weighted by molar-refractivity contribution is 5.93. The van der Waals surface area contributed by atoms with Gasteiger partial charge in [0.05, 0.1) is 18.7 Å². The highest BCUT2D eigenvalue weighted by Gasteiger charge is 2.09. The number of amides is 2. The standard InChI is InChI=1S/C19H19N3O4/c1-3-18(23)21-14-5-7-15(8-6-14)22-19(24)12-26-16-9-4-13(11-20)10-17(16)25-2/h4-10H,3,12H2,1-2H3,(H,21,23)(H,22,24). The molecule has 2 aromatic rings. The second-order valence-corrected chi connectivity index (χ2v) is 5.29. The molecule has 0 aromatic heterocycles. The minimum absolute atomic E-state index is 0.0773. The molecule has 0 aliphatic rings. The van der Waals surface area contributed by atoms with Crippen LogP contribution in [0.1, 0.15) is 18.9 Å². The molecule has 0 heterocycles. The molecule has 2 rings (SSSR count). The van der Waals surface area contributed by atoms with Crippen LogP contribution in [0, 0.1) is 11.3 Å². The maximum absolute atomic E-state index is 12.0. The maximum Gasteiger partial charge on any atom is 0.262 e. The minimum Gasteiger partial charge on any atom is -0.493 e. The summed E-state index contributed by atoms with van der Waals surface area (Å²) < 4.78 is 10.6. The van der Waals surface area contributed by atoms with Crippen molar-refractivity contribution in [1.29, 1.82) is 5.26 Å². The first kappa shape index (κ1) is 18.8. The topological polar surface area (TPSA) is 100 Å². The highest BCUT2D eigenvalue weighted by Crippen LogP contribution is 2.27. The maximum atomic E-state index is 12.0. The Labute approximate surface area is 151 Å². The number of benzene rings is 2. The van der Waals surface area contributed by atoms with Crippen LogP contribution in [0.3, 0.4) is 0 Å². The lowest BCUT2D eigenvalue weighted by Gasteiger charge is -2.11. The van der Waals surface area contributed by atoms with E-state index in [1.165, 1.54) is 13.2 Å². The third kappa shape index (κ3) is 5.24. The van der Waals surface area contributed by atoms with Gasteiger partial charge in [-0.15, -0.1) is 0 Å². The largest absolute Gasteiger partial charge is 0.493 e. The molecule has 0 aliphatic heterocycles. The highest BCUT2D eigenvalue weighted by atomic mass is 16.5. The SMILES string of the molecule is CCC(=O)Nc1ccc(NC(=O)COc2ccc(C#N)cc2OC)cc1. The summed E-state index contributed by atoms with van der Waals surface area (Å²) in [4.78, 5) is 23.3. The molecule has 0 spiro atoms. The quantitative estimate of drug-likeness (QED) is 0.797. The molecule has 134 valence electrons. The Bertz CT molecular complexity index is 826. The van der Waals surface area contributed by atoms with E-state index in [0.29, 0.717) is 34.9 Å². The van der Waals surface area contributed by atoms with Crippen molar-refractivity contribution in [2.75, 3.05) is 24.4 Å². The van der Waals surface area contributed by atoms with Crippen LogP contribution in [0.2, 0.25) is 0 Å². The van der Waals surface area contributed by atoms with Gasteiger partial charge in [-0.3, -0.25) is 9.59 Å². The number of nitrogens with one attached hydrogen (secondary N) is 2. The van der Waals surface area contributed by atoms with Crippen LogP contribution in [0.5, 0.6) is 11.5 Å². The number of nitriles is 1. The predicted octanol–water partition coefficient (Wildman–Crippen LogP) is 2.93. The monoisotopic (exact) mass is 353 g/mol. The van der Waals surface area contributed by atoms with E-state index in [1.807, 2.05) is 6.07 Å². The molecule has 2 amide bonds. The fourth-order valence-electron chi connectivity index (χ4n) is 2.08. The first-order chi connectivity index (χ1) is 12.5. The van der Waals surface area contributed by atoms with Gasteiger partial charge in [0.1, 0.15) is 0 Å². The molecule has 7 heteroatoms. The summed E-state index contributed by atoms with van der Waals surface area (Å²) in [6.45, 7) is 1.56. The van der Waals surface area contributed by atoms with Gasteiger partial charge in [-0.25, -0.2) is 0 Å². The van der Waals surface area contributed by atoms with Crippen molar-refractivity contribution in [2.45, 2.75) is 13.3 Å². The van der Waals surface area contributed by atoms with E-state index in [-0.39, 0.29) is 18.4 Å². The molecule has 0 fully saturated rings. The van der Waals surface area contributed by atoms with E-state index in [2.05, 4.69) is 10.6 Å². The van der Waals surface area contributed by atoms with E-state index in [4.69, 9.17) is 14.7 Å². The number of hydrogen-bond acceptors (Lipinski definition) is 5. The van der Waals surface area contributed by atoms with E-state index >= 15 is 0 Å². The Morgan fingerprint density at radius 2 is 1.62 bits per heavy atom. The average Bonchev–Trinajstić information content (AvgIpc) is 2.67. The second kappa shape index (κ2) is 9.08. The number of hydrogen-bond donors (Lipinski definition) is 2. The lowest BCUT2D eigenvalue weighted by atomic mass is 10.2. The number of nitrogens with zero attached hydrogens (tertiary/aromatic N) is 1. The molecule has 0 atom stereocenters. The molecular weight excluding hydrogens is 334 g/mol. The second-order valence-electron chi connectivity index (χ2n) is 5.29. The molecule has 0 bridgehead atoms. The Balaban J connectivity index is 1.91. The third-order valence-electron chi connectivity index (χ3n) is 3.43. The smallest absolute Gasteiger partial charge is 0.262 e. The van der Waals surface area contributed by atoms with E-state index < -0.39 is 0 Å². The molecule has 0 saturated heterocycles. The van der Waals surface area contributed by atoms with Crippen molar-refractivity contribution in [3.8, 4) is 17.6 Å². The summed E-state index contributed by atoms with van der Waals surface area (Å²) in [5.41, 5.74) is 1.68. The van der Waals surface area contributed by atoms with Gasteiger partial charge < -0.3 is 20.1 Å². The Kier molecular flexibility index (Phi) is 6.57. The molecule has 26 heavy (non-hydrogen) atoms. The van der Waals surface area contributed by atoms with Crippen LogP contribution in [0.4, 0.5) is 11.4 Å². The van der Waals surface area contributed by atoms with Crippen LogP contribution in [-0.4, -0.2) is 25.5 Å². The summed E-state index contributed by atoms with van der Waals surface area (Å²) in [7, 11) is 1.46. The predicted molar refractivity (Wildman–Crippen MR) is 97.2 cm³/mol. The number of carbonyl (C=O) groups excluding carboxylic acids is 2. The van der Waals surface area contributed by atoms with E-state index in [9.17, 15) is 9.59 Å². The van der Waals surface area contributed by atoms with Gasteiger partial charge in [0, 0.05) is 23.9 Å². The van der Waals surface area contributed by atoms with Crippen molar-refractivity contribution in [1.82, 2.24) is 0 Å². The summed E-state index contributed by atoms with van der Waals surface area (Å²) >= 11 is 0. The van der Waals surface area contributed by atoms with E-state index in [1.54, 1.807) is 43.3 Å². The zero-order valence-corrected chi connectivity index (χ0v) is 14.5. The minimum atomic E-state index is -0.346. The van der Waals surface area contributed by atoms with Crippen molar-refractivity contribution >= 4 is 23.2 Å². The summed E-state index contributed by atoms with van der Waals surface area (Å²) in [5.74, 6) is 0.334. The number of rotatable bonds is 7. The van der Waals surface area contributed by atoms with Crippen molar-refractivity contribution in [3.05, 3.63) is 48.0 Å². The number of methoxy groups -OCH3 is 1. The fraction of sp³-hybridized carbons (Fsp3) is 0.211. The van der Waals surface area contributed by atoms with Gasteiger partial charge in [-0.2, -0.15) is 5.26 Å². The Morgan fingerprint density at radius 3 is 2.15 bits per heavy atom. The van der Waals surface area contributed by atoms with Crippen LogP contribution in [0.25, 0.3) is 0 Å². The molecule has 0 unspecified atom stereocenters. The number of ether oxygens (including phenoxy) is 2. The first-order valence-electron chi connectivity index (χ1n) is 7.96. The molecular formula is C19H19N3O4. The normalized spacial score (nSPS) is 9.73. The summed E-state index contributed by atoms with van der Waals surface area (Å²) in [5, 5.41) is 14.3. The average molecular weight is 353 g/mol. The van der Waals surface area contributed by atoms with E-state index in [0.717, 1.165) is 0 Å². The van der Waals surface area contributed by atoms with Gasteiger partial charge in [-0.1, -0.05) is 6.92 Å². The van der Waals surface area contributed by atoms with Crippen molar-refractivity contribution in [3.63, 3.8) is 0 Å². The van der Waals surface area contributed by atoms with Gasteiger partial charge in [-0.05, 0) is 36.4 Å². The number of carbonyl (C=O) groups is 2. The van der Waals surface area contributed by atoms with Gasteiger partial charge in [0.25, 0.3) is 5.91 Å². The molecule has 0 saturated carbocycles. The molecule has 0 radical (unpaired) electrons. The van der Waals surface area contributed by atoms with Crippen LogP contribution < -0.4 is 20.1 Å². The van der Waals surface area contributed by atoms with Gasteiger partial charge in [0.15, 0.2) is 18.1 Å². The lowest BCUT2D eigenvalue weighted by Crippen LogP contribution is -2.20. The molecule has 0 aliphatic carbocycles. The molecule has 2 aromatic carbocycles. The molecule has 7 nitrogen and oxygen atoms in total. The van der Waals surface area contributed by atoms with Gasteiger partial charge >= 0.3 is 0 Å². The fourth-order valence-corrected chi connectivity index (χ4v) is 2.08. The third-order valence-corrected chi connectivity index (χ3v) is 3.43. The molecule has 2 N–H and O–H groups in total. The number of anilines is 2. The van der Waals surface area contributed by atoms with Crippen LogP contribution in [-0.2, 0) is 9.59 Å². The Hall–Kier alpha value is -3.53.